The Hall–Kier alpha value is -3.61. The first kappa shape index (κ1) is 31.6. The molecule has 0 aliphatic heterocycles. The number of hydrogen-bond donors (Lipinski definition) is 0. The van der Waals surface area contributed by atoms with Gasteiger partial charge in [-0.05, 0) is 66.9 Å². The van der Waals surface area contributed by atoms with Crippen molar-refractivity contribution in [3.8, 4) is 22.5 Å². The normalized spacial score (nSPS) is 11.7. The van der Waals surface area contributed by atoms with E-state index < -0.39 is 0 Å². The molecule has 0 spiro atoms. The highest BCUT2D eigenvalue weighted by Gasteiger charge is 2.16. The van der Waals surface area contributed by atoms with Crippen LogP contribution in [0.1, 0.15) is 81.2 Å². The topological polar surface area (TPSA) is 78.5 Å². The highest BCUT2D eigenvalue weighted by Crippen LogP contribution is 2.21. The predicted octanol–water partition coefficient (Wildman–Crippen LogP) is 7.72. The molecule has 39 heavy (non-hydrogen) atoms. The van der Waals surface area contributed by atoms with Gasteiger partial charge in [0.2, 0.25) is 0 Å². The number of aryl methyl sites for hydroxylation is 1. The molecule has 2 aromatic heterocycles. The van der Waals surface area contributed by atoms with Crippen molar-refractivity contribution in [2.45, 2.75) is 93.7 Å². The SMILES string of the molecule is CC(=O)CC(C)(C)C.CC(C)(C)n1cc(-c2ccccc2)nn1.Cc1cccc(-c2cn(C(C)(C)C)nn2)c1. The van der Waals surface area contributed by atoms with Gasteiger partial charge in [-0.15, -0.1) is 10.2 Å². The van der Waals surface area contributed by atoms with Gasteiger partial charge in [0.1, 0.15) is 17.2 Å². The van der Waals surface area contributed by atoms with E-state index in [4.69, 9.17) is 0 Å². The lowest BCUT2D eigenvalue weighted by Gasteiger charge is -2.17. The van der Waals surface area contributed by atoms with Crippen molar-refractivity contribution in [2.75, 3.05) is 0 Å². The van der Waals surface area contributed by atoms with E-state index in [9.17, 15) is 4.79 Å². The first-order valence-corrected chi connectivity index (χ1v) is 13.4. The van der Waals surface area contributed by atoms with E-state index in [0.717, 1.165) is 22.5 Å². The average Bonchev–Trinajstić information content (AvgIpc) is 3.49. The summed E-state index contributed by atoms with van der Waals surface area (Å²) in [5.41, 5.74) is 5.46. The van der Waals surface area contributed by atoms with Gasteiger partial charge in [0.25, 0.3) is 0 Å². The minimum atomic E-state index is -0.0188. The van der Waals surface area contributed by atoms with E-state index in [0.29, 0.717) is 6.42 Å². The molecule has 0 saturated heterocycles. The summed E-state index contributed by atoms with van der Waals surface area (Å²) in [4.78, 5) is 10.5. The Labute approximate surface area is 234 Å². The van der Waals surface area contributed by atoms with Gasteiger partial charge in [-0.25, -0.2) is 9.36 Å². The largest absolute Gasteiger partial charge is 0.300 e. The number of carbonyl (C=O) groups is 1. The van der Waals surface area contributed by atoms with Gasteiger partial charge in [-0.3, -0.25) is 0 Å². The molecule has 0 amide bonds. The third-order valence-corrected chi connectivity index (χ3v) is 5.52. The van der Waals surface area contributed by atoms with Crippen molar-refractivity contribution < 1.29 is 4.79 Å². The molecule has 0 bridgehead atoms. The lowest BCUT2D eigenvalue weighted by molar-refractivity contribution is -0.118. The molecule has 0 radical (unpaired) electrons. The third kappa shape index (κ3) is 11.0. The lowest BCUT2D eigenvalue weighted by Crippen LogP contribution is -2.22. The second kappa shape index (κ2) is 13.0. The van der Waals surface area contributed by atoms with Crippen molar-refractivity contribution in [3.63, 3.8) is 0 Å². The summed E-state index contributed by atoms with van der Waals surface area (Å²) in [5.74, 6) is 0.275. The number of benzene rings is 2. The second-order valence-corrected chi connectivity index (χ2v) is 13.1. The molecular weight excluding hydrogens is 484 g/mol. The fraction of sp³-hybridized carbons (Fsp3) is 0.469. The van der Waals surface area contributed by atoms with Gasteiger partial charge in [0.15, 0.2) is 0 Å². The van der Waals surface area contributed by atoms with Crippen molar-refractivity contribution in [2.24, 2.45) is 5.41 Å². The highest BCUT2D eigenvalue weighted by atomic mass is 16.1. The van der Waals surface area contributed by atoms with Crippen LogP contribution in [0.3, 0.4) is 0 Å². The number of ketones is 1. The van der Waals surface area contributed by atoms with Crippen LogP contribution in [0.2, 0.25) is 0 Å². The molecule has 0 atom stereocenters. The van der Waals surface area contributed by atoms with E-state index in [-0.39, 0.29) is 22.3 Å². The smallest absolute Gasteiger partial charge is 0.130 e. The molecule has 0 aliphatic carbocycles. The van der Waals surface area contributed by atoms with Gasteiger partial charge < -0.3 is 4.79 Å². The standard InChI is InChI=1S/C13H17N3.C12H15N3.C7H14O/c1-10-6-5-7-11(8-10)12-9-16(15-14-12)13(2,3)4;1-12(2,3)15-9-11(13-14-15)10-7-5-4-6-8-10;1-6(8)5-7(2,3)4/h5-9H,1-4H3;4-9H,1-3H3;5H2,1-4H3. The quantitative estimate of drug-likeness (QED) is 0.271. The Morgan fingerprint density at radius 3 is 1.51 bits per heavy atom. The molecule has 7 heteroatoms. The van der Waals surface area contributed by atoms with Crippen LogP contribution < -0.4 is 0 Å². The molecule has 0 aliphatic rings. The van der Waals surface area contributed by atoms with Gasteiger partial charge in [0, 0.05) is 17.5 Å². The first-order valence-electron chi connectivity index (χ1n) is 13.4. The van der Waals surface area contributed by atoms with Crippen LogP contribution in [0.5, 0.6) is 0 Å². The van der Waals surface area contributed by atoms with Crippen LogP contribution in [0.25, 0.3) is 22.5 Å². The maximum Gasteiger partial charge on any atom is 0.130 e. The maximum atomic E-state index is 10.5. The Kier molecular flexibility index (Phi) is 10.5. The molecule has 4 rings (SSSR count). The summed E-state index contributed by atoms with van der Waals surface area (Å²) in [6.45, 7) is 22.6. The maximum absolute atomic E-state index is 10.5. The van der Waals surface area contributed by atoms with Gasteiger partial charge in [-0.1, -0.05) is 85.3 Å². The lowest BCUT2D eigenvalue weighted by atomic mass is 9.91. The average molecular weight is 531 g/mol. The number of Topliss-reactive ketones (excluding diaryl/α,β-unsaturated/α-hetero) is 1. The summed E-state index contributed by atoms with van der Waals surface area (Å²) < 4.78 is 3.78. The predicted molar refractivity (Wildman–Crippen MR) is 160 cm³/mol. The number of hydrogen-bond acceptors (Lipinski definition) is 5. The van der Waals surface area contributed by atoms with E-state index in [1.807, 2.05) is 58.2 Å². The Morgan fingerprint density at radius 2 is 1.15 bits per heavy atom. The number of carbonyl (C=O) groups excluding carboxylic acids is 1. The Balaban J connectivity index is 0.000000218. The van der Waals surface area contributed by atoms with Crippen molar-refractivity contribution in [1.82, 2.24) is 30.0 Å². The van der Waals surface area contributed by atoms with Crippen molar-refractivity contribution in [1.29, 1.82) is 0 Å². The molecule has 2 aromatic carbocycles. The number of aromatic nitrogens is 6. The zero-order valence-electron chi connectivity index (χ0n) is 25.6. The fourth-order valence-corrected chi connectivity index (χ4v) is 3.61. The molecule has 0 unspecified atom stereocenters. The molecule has 0 saturated carbocycles. The molecular formula is C32H46N6O. The van der Waals surface area contributed by atoms with Crippen LogP contribution in [-0.2, 0) is 15.9 Å². The number of nitrogens with zero attached hydrogens (tertiary/aromatic N) is 6. The van der Waals surface area contributed by atoms with Gasteiger partial charge in [-0.2, -0.15) is 0 Å². The third-order valence-electron chi connectivity index (χ3n) is 5.52. The minimum absolute atomic E-state index is 0.0139. The molecule has 4 aromatic rings. The minimum Gasteiger partial charge on any atom is -0.300 e. The van der Waals surface area contributed by atoms with Crippen molar-refractivity contribution in [3.05, 3.63) is 72.6 Å². The molecule has 0 N–H and O–H groups in total. The van der Waals surface area contributed by atoms with E-state index in [1.54, 1.807) is 6.92 Å². The molecule has 0 fully saturated rings. The van der Waals surface area contributed by atoms with E-state index in [1.165, 1.54) is 5.56 Å². The zero-order valence-corrected chi connectivity index (χ0v) is 25.6. The zero-order chi connectivity index (χ0) is 29.4. The summed E-state index contributed by atoms with van der Waals surface area (Å²) in [7, 11) is 0. The summed E-state index contributed by atoms with van der Waals surface area (Å²) in [5, 5.41) is 16.7. The summed E-state index contributed by atoms with van der Waals surface area (Å²) >= 11 is 0. The molecule has 7 nitrogen and oxygen atoms in total. The molecule has 210 valence electrons. The fourth-order valence-electron chi connectivity index (χ4n) is 3.61. The summed E-state index contributed by atoms with van der Waals surface area (Å²) in [6, 6.07) is 18.4. The van der Waals surface area contributed by atoms with Crippen LogP contribution in [-0.4, -0.2) is 35.8 Å². The number of rotatable bonds is 3. The van der Waals surface area contributed by atoms with Gasteiger partial charge in [0.05, 0.1) is 23.5 Å². The van der Waals surface area contributed by atoms with Crippen LogP contribution >= 0.6 is 0 Å². The monoisotopic (exact) mass is 530 g/mol. The van der Waals surface area contributed by atoms with E-state index in [2.05, 4.69) is 108 Å². The van der Waals surface area contributed by atoms with E-state index >= 15 is 0 Å². The Morgan fingerprint density at radius 1 is 0.692 bits per heavy atom. The van der Waals surface area contributed by atoms with Crippen LogP contribution in [0, 0.1) is 12.3 Å². The summed E-state index contributed by atoms with van der Waals surface area (Å²) in [6.07, 6.45) is 4.66. The van der Waals surface area contributed by atoms with Gasteiger partial charge >= 0.3 is 0 Å². The highest BCUT2D eigenvalue weighted by molar-refractivity contribution is 5.76. The van der Waals surface area contributed by atoms with Crippen LogP contribution in [0.15, 0.2) is 67.0 Å². The van der Waals surface area contributed by atoms with Crippen molar-refractivity contribution >= 4 is 5.78 Å². The molecule has 2 heterocycles. The van der Waals surface area contributed by atoms with Crippen LogP contribution in [0.4, 0.5) is 0 Å². The second-order valence-electron chi connectivity index (χ2n) is 13.1. The first-order chi connectivity index (χ1) is 18.0. The Bertz CT molecular complexity index is 1310.